The Morgan fingerprint density at radius 1 is 1.36 bits per heavy atom. The minimum atomic E-state index is -3.59. The van der Waals surface area contributed by atoms with Gasteiger partial charge in [0.05, 0.1) is 17.5 Å². The fourth-order valence-corrected chi connectivity index (χ4v) is 1.24. The summed E-state index contributed by atoms with van der Waals surface area (Å²) in [4.78, 5) is 14.4. The van der Waals surface area contributed by atoms with Crippen molar-refractivity contribution in [2.45, 2.75) is 5.92 Å². The van der Waals surface area contributed by atoms with E-state index in [2.05, 4.69) is 4.98 Å². The predicted octanol–water partition coefficient (Wildman–Crippen LogP) is 1.47. The highest BCUT2D eigenvalue weighted by atomic mass is 19.3. The molecular weight excluding hydrogens is 192 g/mol. The maximum absolute atomic E-state index is 13.2. The van der Waals surface area contributed by atoms with E-state index in [-0.39, 0.29) is 11.4 Å². The van der Waals surface area contributed by atoms with Gasteiger partial charge < -0.3 is 5.11 Å². The Balaban J connectivity index is 2.69. The van der Waals surface area contributed by atoms with Gasteiger partial charge in [0.2, 0.25) is 5.78 Å². The van der Waals surface area contributed by atoms with Gasteiger partial charge in [0.15, 0.2) is 0 Å². The maximum atomic E-state index is 13.2. The molecule has 0 saturated heterocycles. The van der Waals surface area contributed by atoms with Gasteiger partial charge in [0, 0.05) is 0 Å². The van der Waals surface area contributed by atoms with Gasteiger partial charge in [-0.15, -0.1) is 0 Å². The van der Waals surface area contributed by atoms with E-state index in [1.54, 1.807) is 0 Å². The van der Waals surface area contributed by atoms with Crippen LogP contribution in [0.1, 0.15) is 11.3 Å². The Hall–Kier alpha value is -1.78. The Labute approximate surface area is 77.7 Å². The van der Waals surface area contributed by atoms with Crippen LogP contribution in [-0.4, -0.2) is 15.9 Å². The topological polar surface area (TPSA) is 50.2 Å². The van der Waals surface area contributed by atoms with Crippen LogP contribution < -0.4 is 0 Å². The van der Waals surface area contributed by atoms with E-state index in [9.17, 15) is 13.6 Å². The zero-order valence-corrected chi connectivity index (χ0v) is 6.87. The van der Waals surface area contributed by atoms with Gasteiger partial charge in [-0.1, -0.05) is 0 Å². The van der Waals surface area contributed by atoms with Crippen molar-refractivity contribution in [3.8, 4) is 5.75 Å². The second-order valence-electron chi connectivity index (χ2n) is 2.90. The summed E-state index contributed by atoms with van der Waals surface area (Å²) in [5, 5.41) is 8.98. The molecule has 0 saturated carbocycles. The van der Waals surface area contributed by atoms with Gasteiger partial charge in [-0.25, -0.2) is 0 Å². The lowest BCUT2D eigenvalue weighted by Gasteiger charge is -2.18. The molecule has 1 heterocycles. The molecule has 0 radical (unpaired) electrons. The third kappa shape index (κ3) is 1.09. The van der Waals surface area contributed by atoms with Crippen molar-refractivity contribution in [1.82, 2.24) is 4.98 Å². The molecule has 0 aromatic carbocycles. The van der Waals surface area contributed by atoms with E-state index in [1.807, 2.05) is 0 Å². The number of alkyl halides is 2. The van der Waals surface area contributed by atoms with Gasteiger partial charge in [-0.05, 0) is 18.2 Å². The van der Waals surface area contributed by atoms with Gasteiger partial charge in [-0.2, -0.15) is 8.78 Å². The molecule has 72 valence electrons. The molecule has 1 aromatic heterocycles. The molecule has 0 atom stereocenters. The van der Waals surface area contributed by atoms with E-state index in [4.69, 9.17) is 5.11 Å². The van der Waals surface area contributed by atoms with Gasteiger partial charge in [0.1, 0.15) is 5.75 Å². The molecule has 1 aliphatic carbocycles. The van der Waals surface area contributed by atoms with E-state index in [0.29, 0.717) is 0 Å². The molecular formula is C9H5F2NO2. The smallest absolute Gasteiger partial charge is 0.336 e. The Morgan fingerprint density at radius 3 is 2.79 bits per heavy atom. The van der Waals surface area contributed by atoms with Crippen LogP contribution >= 0.6 is 0 Å². The first kappa shape index (κ1) is 8.80. The lowest BCUT2D eigenvalue weighted by Crippen LogP contribution is -2.27. The summed E-state index contributed by atoms with van der Waals surface area (Å²) in [5.41, 5.74) is -0.544. The van der Waals surface area contributed by atoms with Crippen molar-refractivity contribution in [3.63, 3.8) is 0 Å². The molecule has 3 nitrogen and oxygen atoms in total. The Morgan fingerprint density at radius 2 is 2.07 bits per heavy atom. The number of rotatable bonds is 0. The number of nitrogens with zero attached hydrogens (tertiary/aromatic N) is 1. The lowest BCUT2D eigenvalue weighted by atomic mass is 9.97. The predicted molar refractivity (Wildman–Crippen MR) is 43.8 cm³/mol. The quantitative estimate of drug-likeness (QED) is 0.685. The van der Waals surface area contributed by atoms with E-state index < -0.39 is 17.3 Å². The normalized spacial score (nSPS) is 18.0. The lowest BCUT2D eigenvalue weighted by molar-refractivity contribution is -0.139. The number of aromatic hydroxyl groups is 1. The van der Waals surface area contributed by atoms with E-state index in [1.165, 1.54) is 6.08 Å². The SMILES string of the molecule is O=C1C=Cc2ncc(O)cc2C1(F)F. The second kappa shape index (κ2) is 2.60. The molecule has 0 amide bonds. The second-order valence-corrected chi connectivity index (χ2v) is 2.90. The number of fused-ring (bicyclic) bond motifs is 1. The Kier molecular flexibility index (Phi) is 1.64. The summed E-state index contributed by atoms with van der Waals surface area (Å²) in [5.74, 6) is -5.26. The van der Waals surface area contributed by atoms with Crippen molar-refractivity contribution >= 4 is 11.9 Å². The zero-order chi connectivity index (χ0) is 10.3. The summed E-state index contributed by atoms with van der Waals surface area (Å²) >= 11 is 0. The first-order chi connectivity index (χ1) is 6.51. The van der Waals surface area contributed by atoms with E-state index in [0.717, 1.165) is 18.3 Å². The number of carbonyl (C=O) groups is 1. The zero-order valence-electron chi connectivity index (χ0n) is 6.87. The monoisotopic (exact) mass is 197 g/mol. The fourth-order valence-electron chi connectivity index (χ4n) is 1.24. The molecule has 0 unspecified atom stereocenters. The van der Waals surface area contributed by atoms with Gasteiger partial charge in [-0.3, -0.25) is 9.78 Å². The highest BCUT2D eigenvalue weighted by molar-refractivity contribution is 6.02. The number of pyridine rings is 1. The summed E-state index contributed by atoms with van der Waals surface area (Å²) in [6.07, 6.45) is 3.04. The highest BCUT2D eigenvalue weighted by Gasteiger charge is 2.43. The molecule has 0 fully saturated rings. The fraction of sp³-hybridized carbons (Fsp3) is 0.111. The number of aromatic nitrogens is 1. The largest absolute Gasteiger partial charge is 0.506 e. The van der Waals surface area contributed by atoms with Crippen molar-refractivity contribution in [1.29, 1.82) is 0 Å². The van der Waals surface area contributed by atoms with Crippen LogP contribution in [0.5, 0.6) is 5.75 Å². The van der Waals surface area contributed by atoms with Crippen molar-refractivity contribution in [3.05, 3.63) is 29.6 Å². The molecule has 1 aliphatic rings. The van der Waals surface area contributed by atoms with Crippen molar-refractivity contribution in [2.24, 2.45) is 0 Å². The first-order valence-electron chi connectivity index (χ1n) is 3.81. The van der Waals surface area contributed by atoms with Crippen LogP contribution in [0.15, 0.2) is 18.3 Å². The summed E-state index contributed by atoms with van der Waals surface area (Å²) in [7, 11) is 0. The number of ketones is 1. The van der Waals surface area contributed by atoms with Crippen LogP contribution in [0, 0.1) is 0 Å². The number of allylic oxidation sites excluding steroid dienone is 1. The van der Waals surface area contributed by atoms with Crippen LogP contribution in [0.4, 0.5) is 8.78 Å². The minimum Gasteiger partial charge on any atom is -0.506 e. The van der Waals surface area contributed by atoms with Crippen LogP contribution in [0.3, 0.4) is 0 Å². The van der Waals surface area contributed by atoms with Gasteiger partial charge in [0.25, 0.3) is 0 Å². The first-order valence-corrected chi connectivity index (χ1v) is 3.81. The number of hydrogen-bond donors (Lipinski definition) is 1. The molecule has 1 N–H and O–H groups in total. The molecule has 14 heavy (non-hydrogen) atoms. The van der Waals surface area contributed by atoms with Crippen LogP contribution in [0.25, 0.3) is 6.08 Å². The minimum absolute atomic E-state index is 0.00685. The molecule has 0 bridgehead atoms. The summed E-state index contributed by atoms with van der Waals surface area (Å²) < 4.78 is 26.4. The van der Waals surface area contributed by atoms with E-state index >= 15 is 0 Å². The third-order valence-corrected chi connectivity index (χ3v) is 1.94. The maximum Gasteiger partial charge on any atom is 0.336 e. The average molecular weight is 197 g/mol. The molecule has 0 spiro atoms. The summed E-state index contributed by atoms with van der Waals surface area (Å²) in [6, 6.07) is 0.851. The van der Waals surface area contributed by atoms with Crippen LogP contribution in [-0.2, 0) is 10.7 Å². The third-order valence-electron chi connectivity index (χ3n) is 1.94. The number of hydrogen-bond acceptors (Lipinski definition) is 3. The number of carbonyl (C=O) groups excluding carboxylic acids is 1. The molecule has 5 heteroatoms. The van der Waals surface area contributed by atoms with Crippen LogP contribution in [0.2, 0.25) is 0 Å². The van der Waals surface area contributed by atoms with Gasteiger partial charge >= 0.3 is 5.92 Å². The standard InChI is InChI=1S/C9H5F2NO2/c10-9(11)6-3-5(13)4-12-7(6)1-2-8(9)14/h1-4,13H. The number of halogens is 2. The summed E-state index contributed by atoms with van der Waals surface area (Å²) in [6.45, 7) is 0. The Bertz CT molecular complexity index is 440. The molecule has 0 aliphatic heterocycles. The highest BCUT2D eigenvalue weighted by Crippen LogP contribution is 2.36. The van der Waals surface area contributed by atoms with Crippen molar-refractivity contribution in [2.75, 3.05) is 0 Å². The van der Waals surface area contributed by atoms with Crippen molar-refractivity contribution < 1.29 is 18.7 Å². The average Bonchev–Trinajstić information content (AvgIpc) is 2.13. The molecule has 1 aromatic rings. The molecule has 2 rings (SSSR count).